The van der Waals surface area contributed by atoms with E-state index in [1.807, 2.05) is 31.2 Å². The highest BCUT2D eigenvalue weighted by molar-refractivity contribution is 5.38. The summed E-state index contributed by atoms with van der Waals surface area (Å²) in [5.41, 5.74) is 7.74. The predicted molar refractivity (Wildman–Crippen MR) is 82.7 cm³/mol. The molecule has 0 aromatic heterocycles. The van der Waals surface area contributed by atoms with E-state index in [0.717, 1.165) is 11.3 Å². The van der Waals surface area contributed by atoms with E-state index >= 15 is 0 Å². The lowest BCUT2D eigenvalue weighted by molar-refractivity contribution is 0.340. The van der Waals surface area contributed by atoms with Crippen molar-refractivity contribution in [2.75, 3.05) is 6.61 Å². The van der Waals surface area contributed by atoms with E-state index in [1.54, 1.807) is 0 Å². The summed E-state index contributed by atoms with van der Waals surface area (Å²) in [6, 6.07) is 14.5. The Balaban J connectivity index is 2.29. The van der Waals surface area contributed by atoms with Crippen molar-refractivity contribution in [3.05, 3.63) is 64.7 Å². The smallest absolute Gasteiger partial charge is 0.119 e. The molecule has 0 aliphatic carbocycles. The zero-order chi connectivity index (χ0) is 14.5. The van der Waals surface area contributed by atoms with Crippen molar-refractivity contribution in [2.24, 2.45) is 5.84 Å². The van der Waals surface area contributed by atoms with Crippen LogP contribution >= 0.6 is 0 Å². The molecule has 2 rings (SSSR count). The zero-order valence-electron chi connectivity index (χ0n) is 12.3. The molecule has 2 aromatic rings. The average Bonchev–Trinajstić information content (AvgIpc) is 2.46. The Labute approximate surface area is 120 Å². The summed E-state index contributed by atoms with van der Waals surface area (Å²) >= 11 is 0. The molecule has 20 heavy (non-hydrogen) atoms. The lowest BCUT2D eigenvalue weighted by Crippen LogP contribution is -2.28. The molecular weight excluding hydrogens is 248 g/mol. The molecule has 0 fully saturated rings. The second-order valence-corrected chi connectivity index (χ2v) is 4.95. The first-order valence-electron chi connectivity index (χ1n) is 6.91. The Morgan fingerprint density at radius 3 is 2.20 bits per heavy atom. The van der Waals surface area contributed by atoms with E-state index in [2.05, 4.69) is 37.5 Å². The lowest BCUT2D eigenvalue weighted by atomic mass is 9.96. The SMILES string of the molecule is CCOc1ccc(C(NN)c2ccc(C)c(C)c2)cc1. The molecule has 1 unspecified atom stereocenters. The molecule has 0 aliphatic heterocycles. The van der Waals surface area contributed by atoms with Crippen LogP contribution in [0.1, 0.15) is 35.2 Å². The van der Waals surface area contributed by atoms with E-state index in [-0.39, 0.29) is 6.04 Å². The second-order valence-electron chi connectivity index (χ2n) is 4.95. The predicted octanol–water partition coefficient (Wildman–Crippen LogP) is 3.25. The van der Waals surface area contributed by atoms with Crippen LogP contribution in [0.4, 0.5) is 0 Å². The number of nitrogens with one attached hydrogen (secondary N) is 1. The van der Waals surface area contributed by atoms with Gasteiger partial charge in [0, 0.05) is 0 Å². The molecule has 106 valence electrons. The molecule has 3 heteroatoms. The van der Waals surface area contributed by atoms with Crippen LogP contribution in [0, 0.1) is 13.8 Å². The topological polar surface area (TPSA) is 47.3 Å². The minimum Gasteiger partial charge on any atom is -0.494 e. The van der Waals surface area contributed by atoms with Crippen LogP contribution < -0.4 is 16.0 Å². The fourth-order valence-corrected chi connectivity index (χ4v) is 2.25. The first-order valence-corrected chi connectivity index (χ1v) is 6.91. The number of benzene rings is 2. The van der Waals surface area contributed by atoms with Gasteiger partial charge >= 0.3 is 0 Å². The van der Waals surface area contributed by atoms with Crippen molar-refractivity contribution in [3.63, 3.8) is 0 Å². The van der Waals surface area contributed by atoms with E-state index in [0.29, 0.717) is 6.61 Å². The maximum atomic E-state index is 5.74. The zero-order valence-corrected chi connectivity index (χ0v) is 12.3. The summed E-state index contributed by atoms with van der Waals surface area (Å²) in [5.74, 6) is 6.62. The highest BCUT2D eigenvalue weighted by Gasteiger charge is 2.13. The minimum atomic E-state index is -0.00928. The largest absolute Gasteiger partial charge is 0.494 e. The van der Waals surface area contributed by atoms with Crippen LogP contribution in [0.2, 0.25) is 0 Å². The molecule has 3 nitrogen and oxygen atoms in total. The molecule has 0 radical (unpaired) electrons. The highest BCUT2D eigenvalue weighted by Crippen LogP contribution is 2.25. The first-order chi connectivity index (χ1) is 9.65. The molecule has 0 spiro atoms. The Bertz CT molecular complexity index is 564. The maximum absolute atomic E-state index is 5.74. The number of nitrogens with two attached hydrogens (primary N) is 1. The van der Waals surface area contributed by atoms with Gasteiger partial charge in [-0.3, -0.25) is 5.84 Å². The van der Waals surface area contributed by atoms with Crippen LogP contribution in [0.25, 0.3) is 0 Å². The van der Waals surface area contributed by atoms with Gasteiger partial charge in [0.1, 0.15) is 5.75 Å². The summed E-state index contributed by atoms with van der Waals surface area (Å²) in [7, 11) is 0. The van der Waals surface area contributed by atoms with Crippen molar-refractivity contribution in [1.29, 1.82) is 0 Å². The van der Waals surface area contributed by atoms with Gasteiger partial charge in [0.05, 0.1) is 12.6 Å². The highest BCUT2D eigenvalue weighted by atomic mass is 16.5. The van der Waals surface area contributed by atoms with Crippen molar-refractivity contribution in [2.45, 2.75) is 26.8 Å². The minimum absolute atomic E-state index is 0.00928. The van der Waals surface area contributed by atoms with E-state index in [9.17, 15) is 0 Å². The van der Waals surface area contributed by atoms with Crippen molar-refractivity contribution in [3.8, 4) is 5.75 Å². The molecule has 0 saturated heterocycles. The standard InChI is InChI=1S/C17H22N2O/c1-4-20-16-9-7-14(8-10-16)17(19-18)15-6-5-12(2)13(3)11-15/h5-11,17,19H,4,18H2,1-3H3. The molecule has 0 bridgehead atoms. The van der Waals surface area contributed by atoms with Gasteiger partial charge in [-0.05, 0) is 55.2 Å². The number of hydrazine groups is 1. The van der Waals surface area contributed by atoms with E-state index in [1.165, 1.54) is 16.7 Å². The molecule has 0 amide bonds. The molecule has 1 atom stereocenters. The number of hydrogen-bond acceptors (Lipinski definition) is 3. The first kappa shape index (κ1) is 14.6. The fourth-order valence-electron chi connectivity index (χ4n) is 2.25. The van der Waals surface area contributed by atoms with Crippen LogP contribution in [-0.2, 0) is 0 Å². The Morgan fingerprint density at radius 2 is 1.65 bits per heavy atom. The van der Waals surface area contributed by atoms with Gasteiger partial charge in [-0.1, -0.05) is 30.3 Å². The summed E-state index contributed by atoms with van der Waals surface area (Å²) in [6.07, 6.45) is 0. The molecule has 3 N–H and O–H groups in total. The van der Waals surface area contributed by atoms with Crippen molar-refractivity contribution in [1.82, 2.24) is 5.43 Å². The van der Waals surface area contributed by atoms with Gasteiger partial charge in [-0.2, -0.15) is 0 Å². The molecule has 2 aromatic carbocycles. The second kappa shape index (κ2) is 6.55. The van der Waals surface area contributed by atoms with Gasteiger partial charge in [0.2, 0.25) is 0 Å². The van der Waals surface area contributed by atoms with Gasteiger partial charge in [0.15, 0.2) is 0 Å². The number of hydrogen-bond donors (Lipinski definition) is 2. The van der Waals surface area contributed by atoms with Crippen LogP contribution in [0.3, 0.4) is 0 Å². The molecular formula is C17H22N2O. The Kier molecular flexibility index (Phi) is 4.77. The normalized spacial score (nSPS) is 12.2. The van der Waals surface area contributed by atoms with E-state index in [4.69, 9.17) is 10.6 Å². The third-order valence-corrected chi connectivity index (χ3v) is 3.56. The molecule has 0 heterocycles. The number of rotatable bonds is 5. The summed E-state index contributed by atoms with van der Waals surface area (Å²) in [4.78, 5) is 0. The molecule has 0 saturated carbocycles. The average molecular weight is 270 g/mol. The van der Waals surface area contributed by atoms with Crippen LogP contribution in [-0.4, -0.2) is 6.61 Å². The summed E-state index contributed by atoms with van der Waals surface area (Å²) < 4.78 is 5.46. The van der Waals surface area contributed by atoms with Crippen molar-refractivity contribution < 1.29 is 4.74 Å². The monoisotopic (exact) mass is 270 g/mol. The fraction of sp³-hybridized carbons (Fsp3) is 0.294. The third kappa shape index (κ3) is 3.18. The van der Waals surface area contributed by atoms with Crippen molar-refractivity contribution >= 4 is 0 Å². The van der Waals surface area contributed by atoms with Gasteiger partial charge in [-0.25, -0.2) is 5.43 Å². The Morgan fingerprint density at radius 1 is 1.00 bits per heavy atom. The maximum Gasteiger partial charge on any atom is 0.119 e. The number of aryl methyl sites for hydroxylation is 2. The Hall–Kier alpha value is -1.84. The summed E-state index contributed by atoms with van der Waals surface area (Å²) in [6.45, 7) is 6.88. The summed E-state index contributed by atoms with van der Waals surface area (Å²) in [5, 5.41) is 0. The van der Waals surface area contributed by atoms with E-state index < -0.39 is 0 Å². The number of ether oxygens (including phenoxy) is 1. The van der Waals surface area contributed by atoms with Crippen LogP contribution in [0.5, 0.6) is 5.75 Å². The van der Waals surface area contributed by atoms with Gasteiger partial charge < -0.3 is 4.74 Å². The lowest BCUT2D eigenvalue weighted by Gasteiger charge is -2.18. The third-order valence-electron chi connectivity index (χ3n) is 3.56. The molecule has 0 aliphatic rings. The van der Waals surface area contributed by atoms with Gasteiger partial charge in [-0.15, -0.1) is 0 Å². The van der Waals surface area contributed by atoms with Gasteiger partial charge in [0.25, 0.3) is 0 Å². The quantitative estimate of drug-likeness (QED) is 0.647. The van der Waals surface area contributed by atoms with Crippen LogP contribution in [0.15, 0.2) is 42.5 Å².